The number of carbonyl (C=O) groups is 2. The smallest absolute Gasteiger partial charge is 0.264 e. The Labute approximate surface area is 176 Å². The molecule has 6 nitrogen and oxygen atoms in total. The quantitative estimate of drug-likeness (QED) is 0.644. The van der Waals surface area contributed by atoms with Crippen LogP contribution in [0.3, 0.4) is 0 Å². The van der Waals surface area contributed by atoms with Crippen LogP contribution in [0.25, 0.3) is 0 Å². The highest BCUT2D eigenvalue weighted by Crippen LogP contribution is 2.38. The van der Waals surface area contributed by atoms with Gasteiger partial charge in [-0.2, -0.15) is 0 Å². The second kappa shape index (κ2) is 8.05. The van der Waals surface area contributed by atoms with E-state index in [2.05, 4.69) is 26.2 Å². The highest BCUT2D eigenvalue weighted by molar-refractivity contribution is 9.10. The summed E-state index contributed by atoms with van der Waals surface area (Å²) in [4.78, 5) is 31.5. The standard InChI is InChI=1S/C22H18BrN3O3/c1-14-8-9-19-18(11-14)26(22(28)16-6-4-10-24-21(16)29-19)13-20(27)25-12-15-5-2-3-7-17(15)23/h2-11H,12-13H2,1H3,(H,25,27). The number of aryl methyl sites for hydroxylation is 1. The topological polar surface area (TPSA) is 71.5 Å². The lowest BCUT2D eigenvalue weighted by Crippen LogP contribution is -2.40. The van der Waals surface area contributed by atoms with Crippen LogP contribution < -0.4 is 15.0 Å². The fraction of sp³-hybridized carbons (Fsp3) is 0.136. The number of nitrogens with one attached hydrogen (secondary N) is 1. The fourth-order valence-corrected chi connectivity index (χ4v) is 3.54. The van der Waals surface area contributed by atoms with Gasteiger partial charge in [-0.3, -0.25) is 14.5 Å². The Bertz CT molecular complexity index is 1100. The lowest BCUT2D eigenvalue weighted by molar-refractivity contribution is -0.119. The van der Waals surface area contributed by atoms with Crippen molar-refractivity contribution in [2.24, 2.45) is 0 Å². The maximum absolute atomic E-state index is 13.2. The van der Waals surface area contributed by atoms with Gasteiger partial charge in [-0.25, -0.2) is 4.98 Å². The first-order valence-electron chi connectivity index (χ1n) is 9.08. The van der Waals surface area contributed by atoms with Crippen molar-refractivity contribution >= 4 is 33.4 Å². The van der Waals surface area contributed by atoms with Gasteiger partial charge in [-0.05, 0) is 48.4 Å². The summed E-state index contributed by atoms with van der Waals surface area (Å²) >= 11 is 3.47. The van der Waals surface area contributed by atoms with Crippen LogP contribution in [0, 0.1) is 6.92 Å². The Balaban J connectivity index is 1.61. The van der Waals surface area contributed by atoms with Gasteiger partial charge in [0.2, 0.25) is 11.8 Å². The van der Waals surface area contributed by atoms with E-state index in [0.29, 0.717) is 23.5 Å². The molecule has 0 fully saturated rings. The van der Waals surface area contributed by atoms with Gasteiger partial charge in [-0.1, -0.05) is 40.2 Å². The van der Waals surface area contributed by atoms with Crippen LogP contribution in [-0.2, 0) is 11.3 Å². The molecule has 0 aliphatic carbocycles. The number of benzene rings is 2. The van der Waals surface area contributed by atoms with E-state index in [1.807, 2.05) is 43.3 Å². The number of hydrogen-bond donors (Lipinski definition) is 1. The summed E-state index contributed by atoms with van der Waals surface area (Å²) in [5.74, 6) is 0.126. The second-order valence-corrected chi connectivity index (χ2v) is 7.54. The van der Waals surface area contributed by atoms with Gasteiger partial charge in [0.1, 0.15) is 12.1 Å². The number of anilines is 1. The van der Waals surface area contributed by atoms with E-state index in [0.717, 1.165) is 15.6 Å². The molecule has 29 heavy (non-hydrogen) atoms. The molecule has 1 aliphatic rings. The highest BCUT2D eigenvalue weighted by atomic mass is 79.9. The molecule has 0 bridgehead atoms. The lowest BCUT2D eigenvalue weighted by atomic mass is 10.1. The number of aromatic nitrogens is 1. The number of hydrogen-bond acceptors (Lipinski definition) is 4. The Kier molecular flexibility index (Phi) is 5.31. The van der Waals surface area contributed by atoms with E-state index in [4.69, 9.17) is 4.74 Å². The molecule has 146 valence electrons. The average molecular weight is 452 g/mol. The van der Waals surface area contributed by atoms with E-state index in [1.54, 1.807) is 24.4 Å². The van der Waals surface area contributed by atoms with Crippen molar-refractivity contribution in [3.63, 3.8) is 0 Å². The van der Waals surface area contributed by atoms with Crippen LogP contribution in [0.2, 0.25) is 0 Å². The van der Waals surface area contributed by atoms with Crippen molar-refractivity contribution in [3.05, 3.63) is 82.0 Å². The second-order valence-electron chi connectivity index (χ2n) is 6.69. The van der Waals surface area contributed by atoms with Crippen LogP contribution in [0.1, 0.15) is 21.5 Å². The van der Waals surface area contributed by atoms with Gasteiger partial charge in [0.25, 0.3) is 5.91 Å². The maximum Gasteiger partial charge on any atom is 0.264 e. The normalized spacial score (nSPS) is 12.5. The number of rotatable bonds is 4. The highest BCUT2D eigenvalue weighted by Gasteiger charge is 2.30. The third-order valence-corrected chi connectivity index (χ3v) is 5.37. The Morgan fingerprint density at radius 1 is 1.17 bits per heavy atom. The van der Waals surface area contributed by atoms with E-state index in [-0.39, 0.29) is 24.2 Å². The van der Waals surface area contributed by atoms with Gasteiger partial charge in [0, 0.05) is 17.2 Å². The number of pyridine rings is 1. The Morgan fingerprint density at radius 2 is 2.00 bits per heavy atom. The molecule has 2 heterocycles. The molecule has 0 atom stereocenters. The van der Waals surface area contributed by atoms with Gasteiger partial charge in [0.05, 0.1) is 5.69 Å². The zero-order chi connectivity index (χ0) is 20.4. The molecule has 2 aromatic carbocycles. The summed E-state index contributed by atoms with van der Waals surface area (Å²) < 4.78 is 6.79. The summed E-state index contributed by atoms with van der Waals surface area (Å²) in [6.07, 6.45) is 1.57. The van der Waals surface area contributed by atoms with Crippen molar-refractivity contribution in [2.75, 3.05) is 11.4 Å². The predicted octanol–water partition coefficient (Wildman–Crippen LogP) is 4.22. The molecule has 1 aromatic heterocycles. The Hall–Kier alpha value is -3.19. The minimum absolute atomic E-state index is 0.128. The zero-order valence-corrected chi connectivity index (χ0v) is 17.3. The number of halogens is 1. The van der Waals surface area contributed by atoms with Crippen LogP contribution in [0.15, 0.2) is 65.3 Å². The SMILES string of the molecule is Cc1ccc2c(c1)N(CC(=O)NCc1ccccc1Br)C(=O)c1cccnc1O2. The molecule has 0 spiro atoms. The molecule has 1 aliphatic heterocycles. The van der Waals surface area contributed by atoms with E-state index >= 15 is 0 Å². The number of nitrogens with zero attached hydrogens (tertiary/aromatic N) is 2. The van der Waals surface area contributed by atoms with E-state index < -0.39 is 0 Å². The minimum Gasteiger partial charge on any atom is -0.436 e. The molecule has 4 rings (SSSR count). The van der Waals surface area contributed by atoms with E-state index in [9.17, 15) is 9.59 Å². The predicted molar refractivity (Wildman–Crippen MR) is 113 cm³/mol. The zero-order valence-electron chi connectivity index (χ0n) is 15.7. The third-order valence-electron chi connectivity index (χ3n) is 4.59. The fourth-order valence-electron chi connectivity index (χ4n) is 3.11. The molecule has 3 aromatic rings. The number of ether oxygens (including phenoxy) is 1. The molecule has 0 unspecified atom stereocenters. The van der Waals surface area contributed by atoms with Crippen LogP contribution in [-0.4, -0.2) is 23.3 Å². The van der Waals surface area contributed by atoms with Crippen LogP contribution in [0.4, 0.5) is 5.69 Å². The van der Waals surface area contributed by atoms with E-state index in [1.165, 1.54) is 4.90 Å². The lowest BCUT2D eigenvalue weighted by Gasteiger charge is -2.22. The summed E-state index contributed by atoms with van der Waals surface area (Å²) in [6, 6.07) is 16.5. The maximum atomic E-state index is 13.2. The van der Waals surface area contributed by atoms with Crippen molar-refractivity contribution in [2.45, 2.75) is 13.5 Å². The van der Waals surface area contributed by atoms with Crippen molar-refractivity contribution in [3.8, 4) is 11.6 Å². The molecule has 7 heteroatoms. The molecule has 1 N–H and O–H groups in total. The van der Waals surface area contributed by atoms with Gasteiger partial charge < -0.3 is 10.1 Å². The third kappa shape index (κ3) is 4.00. The van der Waals surface area contributed by atoms with Gasteiger partial charge in [-0.15, -0.1) is 0 Å². The summed E-state index contributed by atoms with van der Waals surface area (Å²) in [5, 5.41) is 2.88. The average Bonchev–Trinajstić information content (AvgIpc) is 2.83. The molecule has 0 radical (unpaired) electrons. The minimum atomic E-state index is -0.325. The van der Waals surface area contributed by atoms with Crippen molar-refractivity contribution in [1.82, 2.24) is 10.3 Å². The van der Waals surface area contributed by atoms with Crippen LogP contribution >= 0.6 is 15.9 Å². The summed E-state index contributed by atoms with van der Waals surface area (Å²) in [6.45, 7) is 2.15. The first-order chi connectivity index (χ1) is 14.0. The molecule has 0 saturated carbocycles. The van der Waals surface area contributed by atoms with Crippen molar-refractivity contribution in [1.29, 1.82) is 0 Å². The van der Waals surface area contributed by atoms with Gasteiger partial charge in [0.15, 0.2) is 5.75 Å². The molecular formula is C22H18BrN3O3. The summed E-state index contributed by atoms with van der Waals surface area (Å²) in [7, 11) is 0. The monoisotopic (exact) mass is 451 g/mol. The largest absolute Gasteiger partial charge is 0.436 e. The first-order valence-corrected chi connectivity index (χ1v) is 9.88. The van der Waals surface area contributed by atoms with Crippen molar-refractivity contribution < 1.29 is 14.3 Å². The molecule has 0 saturated heterocycles. The van der Waals surface area contributed by atoms with Crippen LogP contribution in [0.5, 0.6) is 11.6 Å². The van der Waals surface area contributed by atoms with Gasteiger partial charge >= 0.3 is 0 Å². The number of carbonyl (C=O) groups excluding carboxylic acids is 2. The number of amides is 2. The number of fused-ring (bicyclic) bond motifs is 2. The first kappa shape index (κ1) is 19.1. The Morgan fingerprint density at radius 3 is 2.83 bits per heavy atom. The summed E-state index contributed by atoms with van der Waals surface area (Å²) in [5.41, 5.74) is 2.78. The molecule has 2 amide bonds. The molecular weight excluding hydrogens is 434 g/mol.